The summed E-state index contributed by atoms with van der Waals surface area (Å²) in [5.41, 5.74) is 0.385. The topological polar surface area (TPSA) is 72.8 Å². The summed E-state index contributed by atoms with van der Waals surface area (Å²) in [5.74, 6) is 0. The van der Waals surface area contributed by atoms with E-state index in [-0.39, 0.29) is 13.2 Å². The Morgan fingerprint density at radius 2 is 1.76 bits per heavy atom. The van der Waals surface area contributed by atoms with E-state index in [2.05, 4.69) is 4.99 Å². The van der Waals surface area contributed by atoms with Gasteiger partial charge in [-0.25, -0.2) is 13.2 Å². The standard InChI is InChI=1S/C15H17NO4S/c17-11-16-15(7-1-2-8-15)12-3-5-13(6-4-12)21(18,19)14-9-20-10-14/h3-6,14H,1-2,7-10H2. The minimum atomic E-state index is -3.31. The van der Waals surface area contributed by atoms with Crippen molar-refractivity contribution in [2.45, 2.75) is 41.4 Å². The summed E-state index contributed by atoms with van der Waals surface area (Å²) in [6.45, 7) is 0.535. The molecule has 1 aliphatic carbocycles. The van der Waals surface area contributed by atoms with Crippen LogP contribution in [0.3, 0.4) is 0 Å². The molecule has 0 amide bonds. The van der Waals surface area contributed by atoms with Gasteiger partial charge in [-0.1, -0.05) is 25.0 Å². The second-order valence-corrected chi connectivity index (χ2v) is 7.90. The van der Waals surface area contributed by atoms with Crippen molar-refractivity contribution in [1.29, 1.82) is 0 Å². The summed E-state index contributed by atoms with van der Waals surface area (Å²) in [7, 11) is -3.31. The molecule has 112 valence electrons. The summed E-state index contributed by atoms with van der Waals surface area (Å²) < 4.78 is 29.5. The first kappa shape index (κ1) is 14.4. The van der Waals surface area contributed by atoms with Crippen LogP contribution in [0.2, 0.25) is 0 Å². The Bertz CT molecular complexity index is 664. The molecule has 6 heteroatoms. The number of hydrogen-bond acceptors (Lipinski definition) is 5. The van der Waals surface area contributed by atoms with Crippen LogP contribution in [0.25, 0.3) is 0 Å². The largest absolute Gasteiger partial charge is 0.379 e. The number of aliphatic imine (C=N–C) groups is 1. The van der Waals surface area contributed by atoms with Crippen LogP contribution in [-0.2, 0) is 24.9 Å². The highest BCUT2D eigenvalue weighted by Crippen LogP contribution is 2.42. The fourth-order valence-electron chi connectivity index (χ4n) is 3.05. The predicted molar refractivity (Wildman–Crippen MR) is 76.5 cm³/mol. The highest BCUT2D eigenvalue weighted by Gasteiger charge is 2.37. The number of sulfone groups is 1. The molecular weight excluding hydrogens is 290 g/mol. The summed E-state index contributed by atoms with van der Waals surface area (Å²) in [6.07, 6.45) is 5.33. The highest BCUT2D eigenvalue weighted by atomic mass is 32.2. The molecule has 1 heterocycles. The van der Waals surface area contributed by atoms with Gasteiger partial charge < -0.3 is 4.74 Å². The molecule has 2 fully saturated rings. The van der Waals surface area contributed by atoms with Crippen molar-refractivity contribution in [3.63, 3.8) is 0 Å². The Balaban J connectivity index is 1.92. The molecule has 0 N–H and O–H groups in total. The fraction of sp³-hybridized carbons (Fsp3) is 0.533. The minimum absolute atomic E-state index is 0.267. The fourth-order valence-corrected chi connectivity index (χ4v) is 4.50. The van der Waals surface area contributed by atoms with Gasteiger partial charge in [0.1, 0.15) is 5.25 Å². The van der Waals surface area contributed by atoms with E-state index >= 15 is 0 Å². The third kappa shape index (κ3) is 2.44. The molecule has 0 radical (unpaired) electrons. The number of isocyanates is 1. The number of ether oxygens (including phenoxy) is 1. The number of benzene rings is 1. The molecule has 21 heavy (non-hydrogen) atoms. The van der Waals surface area contributed by atoms with E-state index in [0.29, 0.717) is 4.90 Å². The second-order valence-electron chi connectivity index (χ2n) is 5.67. The van der Waals surface area contributed by atoms with Gasteiger partial charge in [-0.3, -0.25) is 0 Å². The Morgan fingerprint density at radius 3 is 2.24 bits per heavy atom. The van der Waals surface area contributed by atoms with Crippen LogP contribution < -0.4 is 0 Å². The molecule has 5 nitrogen and oxygen atoms in total. The maximum absolute atomic E-state index is 12.3. The molecule has 3 rings (SSSR count). The van der Waals surface area contributed by atoms with Crippen molar-refractivity contribution >= 4 is 15.9 Å². The van der Waals surface area contributed by atoms with Gasteiger partial charge in [-0.05, 0) is 30.5 Å². The lowest BCUT2D eigenvalue weighted by atomic mass is 9.89. The maximum atomic E-state index is 12.3. The van der Waals surface area contributed by atoms with Crippen LogP contribution in [0.4, 0.5) is 0 Å². The minimum Gasteiger partial charge on any atom is -0.379 e. The Kier molecular flexibility index (Phi) is 3.69. The van der Waals surface area contributed by atoms with Crippen LogP contribution in [0.1, 0.15) is 31.2 Å². The van der Waals surface area contributed by atoms with Gasteiger partial charge in [-0.2, -0.15) is 4.99 Å². The van der Waals surface area contributed by atoms with Crippen LogP contribution in [-0.4, -0.2) is 33.0 Å². The van der Waals surface area contributed by atoms with Crippen LogP contribution in [0.15, 0.2) is 34.2 Å². The first-order valence-corrected chi connectivity index (χ1v) is 8.64. The average Bonchev–Trinajstić information content (AvgIpc) is 2.87. The van der Waals surface area contributed by atoms with Gasteiger partial charge in [0.2, 0.25) is 6.08 Å². The molecule has 1 aliphatic heterocycles. The molecular formula is C15H17NO4S. The first-order valence-electron chi connectivity index (χ1n) is 7.10. The van der Waals surface area contributed by atoms with Crippen molar-refractivity contribution in [2.24, 2.45) is 4.99 Å². The lowest BCUT2D eigenvalue weighted by Gasteiger charge is -2.26. The van der Waals surface area contributed by atoms with Crippen LogP contribution >= 0.6 is 0 Å². The van der Waals surface area contributed by atoms with E-state index in [1.165, 1.54) is 0 Å². The quantitative estimate of drug-likeness (QED) is 0.629. The smallest absolute Gasteiger partial charge is 0.235 e. The van der Waals surface area contributed by atoms with Crippen molar-refractivity contribution in [3.05, 3.63) is 29.8 Å². The van der Waals surface area contributed by atoms with Gasteiger partial charge in [0, 0.05) is 0 Å². The van der Waals surface area contributed by atoms with Gasteiger partial charge in [0.15, 0.2) is 9.84 Å². The van der Waals surface area contributed by atoms with E-state index in [4.69, 9.17) is 4.74 Å². The van der Waals surface area contributed by atoms with Gasteiger partial charge in [0.25, 0.3) is 0 Å². The third-order valence-electron chi connectivity index (χ3n) is 4.46. The SMILES string of the molecule is O=C=NC1(c2ccc(S(=O)(=O)C3COC3)cc2)CCCC1. The molecule has 0 spiro atoms. The Hall–Kier alpha value is -1.49. The van der Waals surface area contributed by atoms with Crippen molar-refractivity contribution < 1.29 is 17.9 Å². The molecule has 1 saturated carbocycles. The zero-order chi connectivity index (χ0) is 14.9. The zero-order valence-corrected chi connectivity index (χ0v) is 12.4. The summed E-state index contributed by atoms with van der Waals surface area (Å²) in [6, 6.07) is 6.78. The molecule has 0 aromatic heterocycles. The predicted octanol–water partition coefficient (Wildman–Crippen LogP) is 1.96. The van der Waals surface area contributed by atoms with E-state index in [0.717, 1.165) is 31.2 Å². The summed E-state index contributed by atoms with van der Waals surface area (Å²) >= 11 is 0. The maximum Gasteiger partial charge on any atom is 0.235 e. The number of carbonyl (C=O) groups excluding carboxylic acids is 1. The average molecular weight is 307 g/mol. The molecule has 0 atom stereocenters. The molecule has 0 unspecified atom stereocenters. The van der Waals surface area contributed by atoms with E-state index in [1.807, 2.05) is 0 Å². The van der Waals surface area contributed by atoms with Gasteiger partial charge in [0.05, 0.1) is 23.6 Å². The van der Waals surface area contributed by atoms with Crippen molar-refractivity contribution in [2.75, 3.05) is 13.2 Å². The Labute approximate surface area is 124 Å². The van der Waals surface area contributed by atoms with Crippen LogP contribution in [0.5, 0.6) is 0 Å². The zero-order valence-electron chi connectivity index (χ0n) is 11.6. The van der Waals surface area contributed by atoms with E-state index in [9.17, 15) is 13.2 Å². The van der Waals surface area contributed by atoms with Crippen LogP contribution in [0, 0.1) is 0 Å². The monoisotopic (exact) mass is 307 g/mol. The Morgan fingerprint density at radius 1 is 1.14 bits per heavy atom. The molecule has 1 aromatic rings. The van der Waals surface area contributed by atoms with E-state index in [1.54, 1.807) is 30.3 Å². The molecule has 1 saturated heterocycles. The lowest BCUT2D eigenvalue weighted by molar-refractivity contribution is 0.0416. The molecule has 2 aliphatic rings. The third-order valence-corrected chi connectivity index (χ3v) is 6.54. The summed E-state index contributed by atoms with van der Waals surface area (Å²) in [4.78, 5) is 15.0. The van der Waals surface area contributed by atoms with Gasteiger partial charge >= 0.3 is 0 Å². The van der Waals surface area contributed by atoms with Crippen molar-refractivity contribution in [1.82, 2.24) is 0 Å². The van der Waals surface area contributed by atoms with Crippen molar-refractivity contribution in [3.8, 4) is 0 Å². The van der Waals surface area contributed by atoms with Gasteiger partial charge in [-0.15, -0.1) is 0 Å². The first-order chi connectivity index (χ1) is 10.1. The summed E-state index contributed by atoms with van der Waals surface area (Å²) in [5, 5.41) is -0.434. The normalized spacial score (nSPS) is 21.5. The number of rotatable bonds is 4. The lowest BCUT2D eigenvalue weighted by Crippen LogP contribution is -2.40. The molecule has 0 bridgehead atoms. The number of nitrogens with zero attached hydrogens (tertiary/aromatic N) is 1. The highest BCUT2D eigenvalue weighted by molar-refractivity contribution is 7.92. The molecule has 1 aromatic carbocycles. The second kappa shape index (κ2) is 5.37. The van der Waals surface area contributed by atoms with E-state index < -0.39 is 20.6 Å². The number of hydrogen-bond donors (Lipinski definition) is 0.